The minimum Gasteiger partial charge on any atom is -0.489 e. The molecule has 1 N–H and O–H groups in total. The molecule has 3 aromatic rings. The van der Waals surface area contributed by atoms with E-state index in [1.165, 1.54) is 6.21 Å². The van der Waals surface area contributed by atoms with E-state index in [0.717, 1.165) is 22.0 Å². The van der Waals surface area contributed by atoms with Crippen molar-refractivity contribution in [1.82, 2.24) is 4.57 Å². The van der Waals surface area contributed by atoms with Crippen LogP contribution in [0.5, 0.6) is 5.75 Å². The Hall–Kier alpha value is -3.25. The van der Waals surface area contributed by atoms with Gasteiger partial charge >= 0.3 is 5.97 Å². The van der Waals surface area contributed by atoms with Gasteiger partial charge in [0.05, 0.1) is 6.21 Å². The quantitative estimate of drug-likeness (QED) is 0.327. The number of nitrogens with zero attached hydrogens (tertiary/aromatic N) is 2. The molecule has 0 aliphatic carbocycles. The number of ether oxygens (including phenoxy) is 1. The van der Waals surface area contributed by atoms with Gasteiger partial charge in [-0.05, 0) is 24.3 Å². The zero-order chi connectivity index (χ0) is 19.9. The number of carboxylic acids is 1. The third kappa shape index (κ3) is 4.72. The van der Waals surface area contributed by atoms with Crippen LogP contribution >= 0.6 is 11.6 Å². The van der Waals surface area contributed by atoms with E-state index in [4.69, 9.17) is 26.3 Å². The van der Waals surface area contributed by atoms with Crippen molar-refractivity contribution in [3.63, 3.8) is 0 Å². The molecule has 0 aliphatic heterocycles. The number of carbonyl (C=O) groups is 1. The minimum absolute atomic E-state index is 0.351. The monoisotopic (exact) mass is 398 g/mol. The Morgan fingerprint density at radius 3 is 2.86 bits per heavy atom. The fourth-order valence-corrected chi connectivity index (χ4v) is 2.94. The van der Waals surface area contributed by atoms with Gasteiger partial charge in [0, 0.05) is 39.8 Å². The molecule has 3 rings (SSSR count). The Labute approximate surface area is 167 Å². The molecule has 0 atom stereocenters. The maximum absolute atomic E-state index is 10.5. The van der Waals surface area contributed by atoms with E-state index in [-0.39, 0.29) is 0 Å². The summed E-state index contributed by atoms with van der Waals surface area (Å²) in [6, 6.07) is 13.3. The van der Waals surface area contributed by atoms with Crippen LogP contribution in [0.2, 0.25) is 5.02 Å². The number of aromatic nitrogens is 1. The van der Waals surface area contributed by atoms with Gasteiger partial charge in [-0.1, -0.05) is 41.0 Å². The van der Waals surface area contributed by atoms with E-state index in [2.05, 4.69) is 11.7 Å². The molecule has 28 heavy (non-hydrogen) atoms. The Morgan fingerprint density at radius 1 is 1.29 bits per heavy atom. The predicted molar refractivity (Wildman–Crippen MR) is 109 cm³/mol. The number of oxime groups is 1. The van der Waals surface area contributed by atoms with Gasteiger partial charge in [0.15, 0.2) is 0 Å². The lowest BCUT2D eigenvalue weighted by atomic mass is 10.2. The molecule has 0 amide bonds. The van der Waals surface area contributed by atoms with Crippen molar-refractivity contribution < 1.29 is 19.5 Å². The summed E-state index contributed by atoms with van der Waals surface area (Å²) in [4.78, 5) is 15.3. The number of halogens is 1. The van der Waals surface area contributed by atoms with E-state index >= 15 is 0 Å². The number of carboxylic acid groups (broad SMARTS) is 1. The predicted octanol–water partition coefficient (Wildman–Crippen LogP) is 4.49. The maximum Gasteiger partial charge on any atom is 0.344 e. The van der Waals surface area contributed by atoms with Crippen LogP contribution in [0.4, 0.5) is 0 Å². The molecule has 7 heteroatoms. The molecule has 0 bridgehead atoms. The second kappa shape index (κ2) is 9.10. The average molecular weight is 399 g/mol. The number of allylic oxidation sites excluding steroid dienone is 1. The molecule has 0 fully saturated rings. The van der Waals surface area contributed by atoms with Gasteiger partial charge in [-0.3, -0.25) is 0 Å². The van der Waals surface area contributed by atoms with Crippen LogP contribution in [-0.4, -0.2) is 28.5 Å². The third-order valence-electron chi connectivity index (χ3n) is 4.02. The van der Waals surface area contributed by atoms with Crippen molar-refractivity contribution in [3.05, 3.63) is 77.5 Å². The van der Waals surface area contributed by atoms with Gasteiger partial charge in [-0.15, -0.1) is 6.58 Å². The summed E-state index contributed by atoms with van der Waals surface area (Å²) in [5.41, 5.74) is 2.66. The van der Waals surface area contributed by atoms with Gasteiger partial charge in [-0.25, -0.2) is 4.79 Å². The van der Waals surface area contributed by atoms with Gasteiger partial charge < -0.3 is 19.2 Å². The minimum atomic E-state index is -1.08. The molecule has 0 aliphatic rings. The topological polar surface area (TPSA) is 73.1 Å². The van der Waals surface area contributed by atoms with Gasteiger partial charge in [0.2, 0.25) is 6.61 Å². The molecule has 0 unspecified atom stereocenters. The first-order valence-electron chi connectivity index (χ1n) is 8.55. The smallest absolute Gasteiger partial charge is 0.344 e. The summed E-state index contributed by atoms with van der Waals surface area (Å²) < 4.78 is 7.91. The third-order valence-corrected chi connectivity index (χ3v) is 4.38. The standard InChI is InChI=1S/C21H19ClN2O4/c1-2-9-24-12-16(11-23-28-14-21(25)26)18-10-17(7-8-20(18)24)27-13-15-5-3-4-6-19(15)22/h2-8,10-12H,1,9,13-14H2,(H,25,26)/b23-11+. The van der Waals surface area contributed by atoms with Crippen LogP contribution in [0, 0.1) is 0 Å². The summed E-state index contributed by atoms with van der Waals surface area (Å²) in [5.74, 6) is -0.397. The van der Waals surface area contributed by atoms with Crippen LogP contribution in [0.25, 0.3) is 10.9 Å². The fraction of sp³-hybridized carbons (Fsp3) is 0.143. The second-order valence-corrected chi connectivity index (χ2v) is 6.39. The molecular weight excluding hydrogens is 380 g/mol. The van der Waals surface area contributed by atoms with Crippen LogP contribution < -0.4 is 4.74 Å². The lowest BCUT2D eigenvalue weighted by molar-refractivity contribution is -0.142. The number of aliphatic carboxylic acids is 1. The Bertz CT molecular complexity index is 1030. The van der Waals surface area contributed by atoms with E-state index < -0.39 is 12.6 Å². The zero-order valence-corrected chi connectivity index (χ0v) is 15.8. The summed E-state index contributed by atoms with van der Waals surface area (Å²) in [6.07, 6.45) is 5.18. The first-order chi connectivity index (χ1) is 13.6. The van der Waals surface area contributed by atoms with Crippen LogP contribution in [-0.2, 0) is 22.8 Å². The van der Waals surface area contributed by atoms with Crippen LogP contribution in [0.3, 0.4) is 0 Å². The number of hydrogen-bond acceptors (Lipinski definition) is 4. The maximum atomic E-state index is 10.5. The molecule has 0 saturated carbocycles. The zero-order valence-electron chi connectivity index (χ0n) is 15.0. The van der Waals surface area contributed by atoms with E-state index in [1.54, 1.807) is 6.08 Å². The molecular formula is C21H19ClN2O4. The molecule has 0 radical (unpaired) electrons. The average Bonchev–Trinajstić information content (AvgIpc) is 3.02. The van der Waals surface area contributed by atoms with Crippen molar-refractivity contribution in [2.45, 2.75) is 13.2 Å². The molecule has 1 heterocycles. The van der Waals surface area contributed by atoms with Gasteiger partial charge in [0.1, 0.15) is 12.4 Å². The molecule has 0 saturated heterocycles. The molecule has 1 aromatic heterocycles. The highest BCUT2D eigenvalue weighted by Gasteiger charge is 2.09. The van der Waals surface area contributed by atoms with Crippen molar-refractivity contribution in [3.8, 4) is 5.75 Å². The number of fused-ring (bicyclic) bond motifs is 1. The first kappa shape index (κ1) is 19.5. The molecule has 2 aromatic carbocycles. The highest BCUT2D eigenvalue weighted by Crippen LogP contribution is 2.27. The Morgan fingerprint density at radius 2 is 2.11 bits per heavy atom. The van der Waals surface area contributed by atoms with E-state index in [1.807, 2.05) is 53.2 Å². The van der Waals surface area contributed by atoms with E-state index in [9.17, 15) is 4.79 Å². The molecule has 0 spiro atoms. The number of rotatable bonds is 9. The van der Waals surface area contributed by atoms with E-state index in [0.29, 0.717) is 23.9 Å². The first-order valence-corrected chi connectivity index (χ1v) is 8.93. The summed E-state index contributed by atoms with van der Waals surface area (Å²) in [7, 11) is 0. The summed E-state index contributed by atoms with van der Waals surface area (Å²) in [5, 5.41) is 13.9. The highest BCUT2D eigenvalue weighted by molar-refractivity contribution is 6.31. The van der Waals surface area contributed by atoms with Crippen molar-refractivity contribution in [1.29, 1.82) is 0 Å². The summed E-state index contributed by atoms with van der Waals surface area (Å²) >= 11 is 6.18. The SMILES string of the molecule is C=CCn1cc(/C=N/OCC(=O)O)c2cc(OCc3ccccc3Cl)ccc21. The highest BCUT2D eigenvalue weighted by atomic mass is 35.5. The number of hydrogen-bond donors (Lipinski definition) is 1. The van der Waals surface area contributed by atoms with Crippen LogP contribution in [0.1, 0.15) is 11.1 Å². The normalized spacial score (nSPS) is 11.0. The van der Waals surface area contributed by atoms with Crippen molar-refractivity contribution in [2.24, 2.45) is 5.16 Å². The Kier molecular flexibility index (Phi) is 6.34. The van der Waals surface area contributed by atoms with Gasteiger partial charge in [-0.2, -0.15) is 0 Å². The summed E-state index contributed by atoms with van der Waals surface area (Å²) in [6.45, 7) is 4.26. The molecule has 144 valence electrons. The van der Waals surface area contributed by atoms with Crippen molar-refractivity contribution in [2.75, 3.05) is 6.61 Å². The lowest BCUT2D eigenvalue weighted by Gasteiger charge is -2.08. The number of benzene rings is 2. The van der Waals surface area contributed by atoms with Crippen LogP contribution in [0.15, 0.2) is 66.5 Å². The lowest BCUT2D eigenvalue weighted by Crippen LogP contribution is -2.03. The van der Waals surface area contributed by atoms with Gasteiger partial charge in [0.25, 0.3) is 0 Å². The fourth-order valence-electron chi connectivity index (χ4n) is 2.75. The Balaban J connectivity index is 1.85. The molecule has 6 nitrogen and oxygen atoms in total. The second-order valence-electron chi connectivity index (χ2n) is 5.99. The van der Waals surface area contributed by atoms with Crippen molar-refractivity contribution >= 4 is 34.7 Å². The largest absolute Gasteiger partial charge is 0.489 e.